The molecule has 0 saturated heterocycles. The number of rotatable bonds is 4. The normalized spacial score (nSPS) is 10.1. The number of nitrogens with one attached hydrogen (secondary N) is 1. The third-order valence-corrected chi connectivity index (χ3v) is 4.48. The average Bonchev–Trinajstić information content (AvgIpc) is 3.10. The van der Waals surface area contributed by atoms with Crippen LogP contribution >= 0.6 is 22.9 Å². The van der Waals surface area contributed by atoms with Crippen LogP contribution in [0.15, 0.2) is 47.8 Å². The van der Waals surface area contributed by atoms with Crippen molar-refractivity contribution in [2.45, 2.75) is 0 Å². The Labute approximate surface area is 153 Å². The van der Waals surface area contributed by atoms with Gasteiger partial charge in [-0.15, -0.1) is 11.3 Å². The van der Waals surface area contributed by atoms with Gasteiger partial charge in [0.15, 0.2) is 5.13 Å². The smallest absolute Gasteiger partial charge is 0.257 e. The van der Waals surface area contributed by atoms with Crippen molar-refractivity contribution in [3.8, 4) is 23.1 Å². The number of carbonyl (C=O) groups is 1. The van der Waals surface area contributed by atoms with E-state index in [4.69, 9.17) is 21.6 Å². The quantitative estimate of drug-likeness (QED) is 0.729. The fourth-order valence-electron chi connectivity index (χ4n) is 2.19. The van der Waals surface area contributed by atoms with E-state index < -0.39 is 0 Å². The van der Waals surface area contributed by atoms with Crippen LogP contribution < -0.4 is 10.1 Å². The fourth-order valence-corrected chi connectivity index (χ4v) is 3.16. The zero-order valence-electron chi connectivity index (χ0n) is 13.1. The van der Waals surface area contributed by atoms with E-state index in [0.717, 1.165) is 5.56 Å². The van der Waals surface area contributed by atoms with Gasteiger partial charge in [-0.05, 0) is 36.4 Å². The van der Waals surface area contributed by atoms with Gasteiger partial charge in [0.2, 0.25) is 0 Å². The molecular formula is C18H12ClN3O2S. The molecule has 1 N–H and O–H groups in total. The summed E-state index contributed by atoms with van der Waals surface area (Å²) in [6.07, 6.45) is 0. The predicted octanol–water partition coefficient (Wildman–Crippen LogP) is 4.60. The van der Waals surface area contributed by atoms with E-state index in [1.54, 1.807) is 37.4 Å². The van der Waals surface area contributed by atoms with Gasteiger partial charge >= 0.3 is 0 Å². The number of carbonyl (C=O) groups excluding carboxylic acids is 1. The van der Waals surface area contributed by atoms with Crippen LogP contribution in [-0.2, 0) is 0 Å². The van der Waals surface area contributed by atoms with Crippen molar-refractivity contribution < 1.29 is 9.53 Å². The number of halogens is 1. The summed E-state index contributed by atoms with van der Waals surface area (Å²) >= 11 is 7.44. The van der Waals surface area contributed by atoms with Crippen molar-refractivity contribution >= 4 is 34.0 Å². The molecule has 7 heteroatoms. The standard InChI is InChI=1S/C18H12ClN3O2S/c1-24-16-6-5-12(8-14(16)19)15-10-25-18(21-15)22-17(23)13-4-2-3-11(7-13)9-20/h2-8,10H,1H3,(H,21,22,23). The molecule has 0 aliphatic carbocycles. The van der Waals surface area contributed by atoms with Crippen LogP contribution in [0.25, 0.3) is 11.3 Å². The summed E-state index contributed by atoms with van der Waals surface area (Å²) in [7, 11) is 1.55. The molecule has 0 spiro atoms. The Morgan fingerprint density at radius 1 is 1.32 bits per heavy atom. The van der Waals surface area contributed by atoms with Crippen LogP contribution in [0.3, 0.4) is 0 Å². The van der Waals surface area contributed by atoms with Gasteiger partial charge in [0.25, 0.3) is 5.91 Å². The predicted molar refractivity (Wildman–Crippen MR) is 98.2 cm³/mol. The number of hydrogen-bond acceptors (Lipinski definition) is 5. The van der Waals surface area contributed by atoms with E-state index in [9.17, 15) is 4.79 Å². The van der Waals surface area contributed by atoms with Gasteiger partial charge in [-0.2, -0.15) is 5.26 Å². The molecule has 124 valence electrons. The van der Waals surface area contributed by atoms with E-state index in [1.807, 2.05) is 17.5 Å². The summed E-state index contributed by atoms with van der Waals surface area (Å²) in [5, 5.41) is 14.4. The Kier molecular flexibility index (Phi) is 4.98. The van der Waals surface area contributed by atoms with Gasteiger partial charge in [-0.1, -0.05) is 17.7 Å². The zero-order valence-corrected chi connectivity index (χ0v) is 14.7. The molecule has 0 unspecified atom stereocenters. The maximum Gasteiger partial charge on any atom is 0.257 e. The molecule has 0 saturated carbocycles. The Morgan fingerprint density at radius 2 is 2.16 bits per heavy atom. The van der Waals surface area contributed by atoms with Crippen LogP contribution in [-0.4, -0.2) is 18.0 Å². The minimum atomic E-state index is -0.314. The molecule has 0 atom stereocenters. The van der Waals surface area contributed by atoms with E-state index >= 15 is 0 Å². The zero-order chi connectivity index (χ0) is 17.8. The second kappa shape index (κ2) is 7.34. The van der Waals surface area contributed by atoms with Gasteiger partial charge in [-0.25, -0.2) is 4.98 Å². The Morgan fingerprint density at radius 3 is 2.88 bits per heavy atom. The molecule has 0 aliphatic heterocycles. The highest BCUT2D eigenvalue weighted by Crippen LogP contribution is 2.31. The first kappa shape index (κ1) is 17.0. The number of nitrogens with zero attached hydrogens (tertiary/aromatic N) is 2. The van der Waals surface area contributed by atoms with Crippen LogP contribution in [0.2, 0.25) is 5.02 Å². The second-order valence-corrected chi connectivity index (χ2v) is 6.30. The number of amides is 1. The molecular weight excluding hydrogens is 358 g/mol. The molecule has 5 nitrogen and oxygen atoms in total. The molecule has 0 radical (unpaired) electrons. The van der Waals surface area contributed by atoms with Crippen LogP contribution in [0, 0.1) is 11.3 Å². The number of nitriles is 1. The maximum absolute atomic E-state index is 12.3. The Balaban J connectivity index is 1.78. The van der Waals surface area contributed by atoms with E-state index in [2.05, 4.69) is 10.3 Å². The third-order valence-electron chi connectivity index (χ3n) is 3.43. The lowest BCUT2D eigenvalue weighted by molar-refractivity contribution is 0.102. The summed E-state index contributed by atoms with van der Waals surface area (Å²) in [6, 6.07) is 13.9. The lowest BCUT2D eigenvalue weighted by atomic mass is 10.1. The average molecular weight is 370 g/mol. The molecule has 3 rings (SSSR count). The van der Waals surface area contributed by atoms with Crippen molar-refractivity contribution in [1.82, 2.24) is 4.98 Å². The lowest BCUT2D eigenvalue weighted by Gasteiger charge is -2.04. The minimum Gasteiger partial charge on any atom is -0.495 e. The van der Waals surface area contributed by atoms with Crippen molar-refractivity contribution in [1.29, 1.82) is 5.26 Å². The van der Waals surface area contributed by atoms with E-state index in [-0.39, 0.29) is 5.91 Å². The Bertz CT molecular complexity index is 978. The minimum absolute atomic E-state index is 0.314. The summed E-state index contributed by atoms with van der Waals surface area (Å²) in [6.45, 7) is 0. The van der Waals surface area contributed by atoms with Crippen LogP contribution in [0.4, 0.5) is 5.13 Å². The number of ether oxygens (including phenoxy) is 1. The van der Waals surface area contributed by atoms with Crippen LogP contribution in [0.1, 0.15) is 15.9 Å². The van der Waals surface area contributed by atoms with E-state index in [1.165, 1.54) is 17.4 Å². The summed E-state index contributed by atoms with van der Waals surface area (Å²) in [5.41, 5.74) is 2.37. The van der Waals surface area contributed by atoms with Crippen molar-refractivity contribution in [3.05, 3.63) is 64.0 Å². The molecule has 1 aromatic heterocycles. The van der Waals surface area contributed by atoms with Crippen LogP contribution in [0.5, 0.6) is 5.75 Å². The van der Waals surface area contributed by atoms with Crippen molar-refractivity contribution in [3.63, 3.8) is 0 Å². The molecule has 3 aromatic rings. The summed E-state index contributed by atoms with van der Waals surface area (Å²) in [4.78, 5) is 16.7. The first-order valence-corrected chi connectivity index (χ1v) is 8.47. The topological polar surface area (TPSA) is 75.0 Å². The third kappa shape index (κ3) is 3.79. The van der Waals surface area contributed by atoms with Gasteiger partial charge < -0.3 is 4.74 Å². The van der Waals surface area contributed by atoms with E-state index in [0.29, 0.717) is 32.7 Å². The molecule has 1 amide bonds. The maximum atomic E-state index is 12.3. The Hall–Kier alpha value is -2.88. The van der Waals surface area contributed by atoms with Gasteiger partial charge in [0, 0.05) is 16.5 Å². The summed E-state index contributed by atoms with van der Waals surface area (Å²) < 4.78 is 5.13. The fraction of sp³-hybridized carbons (Fsp3) is 0.0556. The van der Waals surface area contributed by atoms with Crippen molar-refractivity contribution in [2.24, 2.45) is 0 Å². The van der Waals surface area contributed by atoms with Gasteiger partial charge in [-0.3, -0.25) is 10.1 Å². The second-order valence-electron chi connectivity index (χ2n) is 5.03. The first-order valence-electron chi connectivity index (χ1n) is 7.21. The number of benzene rings is 2. The largest absolute Gasteiger partial charge is 0.495 e. The molecule has 0 fully saturated rings. The number of hydrogen-bond donors (Lipinski definition) is 1. The molecule has 0 bridgehead atoms. The first-order chi connectivity index (χ1) is 12.1. The highest BCUT2D eigenvalue weighted by Gasteiger charge is 2.11. The molecule has 1 heterocycles. The van der Waals surface area contributed by atoms with Gasteiger partial charge in [0.1, 0.15) is 5.75 Å². The monoisotopic (exact) mass is 369 g/mol. The summed E-state index contributed by atoms with van der Waals surface area (Å²) in [5.74, 6) is 0.275. The number of anilines is 1. The highest BCUT2D eigenvalue weighted by atomic mass is 35.5. The van der Waals surface area contributed by atoms with Crippen molar-refractivity contribution in [2.75, 3.05) is 12.4 Å². The highest BCUT2D eigenvalue weighted by molar-refractivity contribution is 7.14. The molecule has 25 heavy (non-hydrogen) atoms. The molecule has 0 aliphatic rings. The molecule has 2 aromatic carbocycles. The number of thiazole rings is 1. The number of aromatic nitrogens is 1. The SMILES string of the molecule is COc1ccc(-c2csc(NC(=O)c3cccc(C#N)c3)n2)cc1Cl. The number of methoxy groups -OCH3 is 1. The van der Waals surface area contributed by atoms with Gasteiger partial charge in [0.05, 0.1) is 29.5 Å². The lowest BCUT2D eigenvalue weighted by Crippen LogP contribution is -2.11.